The van der Waals surface area contributed by atoms with E-state index in [1.165, 1.54) is 44.5 Å². The molecule has 1 aliphatic rings. The molecule has 0 spiro atoms. The van der Waals surface area contributed by atoms with Gasteiger partial charge in [0.05, 0.1) is 0 Å². The number of rotatable bonds is 7. The predicted molar refractivity (Wildman–Crippen MR) is 105 cm³/mol. The van der Waals surface area contributed by atoms with E-state index in [0.717, 1.165) is 24.6 Å². The fourth-order valence-electron chi connectivity index (χ4n) is 3.12. The van der Waals surface area contributed by atoms with E-state index in [2.05, 4.69) is 54.2 Å². The van der Waals surface area contributed by atoms with Crippen molar-refractivity contribution >= 4 is 11.6 Å². The van der Waals surface area contributed by atoms with Crippen molar-refractivity contribution in [2.24, 2.45) is 22.6 Å². The van der Waals surface area contributed by atoms with Gasteiger partial charge in [-0.3, -0.25) is 4.99 Å². The largest absolute Gasteiger partial charge is 0.370 e. The van der Waals surface area contributed by atoms with E-state index >= 15 is 0 Å². The molecule has 0 radical (unpaired) electrons. The minimum atomic E-state index is 0.533. The zero-order valence-corrected chi connectivity index (χ0v) is 15.6. The molecule has 0 aliphatic carbocycles. The van der Waals surface area contributed by atoms with E-state index in [0.29, 0.717) is 11.9 Å². The summed E-state index contributed by atoms with van der Waals surface area (Å²) in [4.78, 5) is 7.16. The smallest absolute Gasteiger partial charge is 0.193 e. The van der Waals surface area contributed by atoms with Gasteiger partial charge in [0, 0.05) is 12.2 Å². The average Bonchev–Trinajstić information content (AvgIpc) is 2.59. The van der Waals surface area contributed by atoms with Crippen molar-refractivity contribution in [2.45, 2.75) is 46.5 Å². The summed E-state index contributed by atoms with van der Waals surface area (Å²) in [5.41, 5.74) is 8.39. The van der Waals surface area contributed by atoms with Crippen molar-refractivity contribution in [3.63, 3.8) is 0 Å². The summed E-state index contributed by atoms with van der Waals surface area (Å²) in [5.74, 6) is 2.00. The van der Waals surface area contributed by atoms with Gasteiger partial charge in [0.1, 0.15) is 0 Å². The summed E-state index contributed by atoms with van der Waals surface area (Å²) in [6.45, 7) is 11.2. The van der Waals surface area contributed by atoms with E-state index in [1.807, 2.05) is 6.07 Å². The normalized spacial score (nSPS) is 17.4. The maximum absolute atomic E-state index is 6.05. The minimum Gasteiger partial charge on any atom is -0.370 e. The zero-order valence-electron chi connectivity index (χ0n) is 15.6. The van der Waals surface area contributed by atoms with Crippen LogP contribution in [0, 0.1) is 11.8 Å². The van der Waals surface area contributed by atoms with Crippen molar-refractivity contribution in [1.82, 2.24) is 4.90 Å². The topological polar surface area (TPSA) is 53.6 Å². The van der Waals surface area contributed by atoms with E-state index in [1.54, 1.807) is 0 Å². The molecule has 0 amide bonds. The summed E-state index contributed by atoms with van der Waals surface area (Å²) in [5, 5.41) is 3.22. The number of nitrogens with zero attached hydrogens (tertiary/aromatic N) is 2. The highest BCUT2D eigenvalue weighted by atomic mass is 15.1. The quantitative estimate of drug-likeness (QED) is 0.591. The number of hydrogen-bond acceptors (Lipinski definition) is 2. The van der Waals surface area contributed by atoms with Gasteiger partial charge in [-0.15, -0.1) is 0 Å². The molecule has 2 rings (SSSR count). The Bertz CT molecular complexity index is 516. The summed E-state index contributed by atoms with van der Waals surface area (Å²) < 4.78 is 0. The van der Waals surface area contributed by atoms with Crippen molar-refractivity contribution < 1.29 is 0 Å². The third-order valence-corrected chi connectivity index (χ3v) is 4.86. The van der Waals surface area contributed by atoms with Crippen LogP contribution in [0.1, 0.15) is 45.6 Å². The molecule has 4 nitrogen and oxygen atoms in total. The monoisotopic (exact) mass is 330 g/mol. The molecular weight excluding hydrogens is 296 g/mol. The van der Waals surface area contributed by atoms with Crippen molar-refractivity contribution in [3.05, 3.63) is 29.8 Å². The Kier molecular flexibility index (Phi) is 7.57. The second kappa shape index (κ2) is 9.67. The van der Waals surface area contributed by atoms with Gasteiger partial charge < -0.3 is 16.0 Å². The Morgan fingerprint density at radius 1 is 1.33 bits per heavy atom. The van der Waals surface area contributed by atoms with Crippen LogP contribution in [0.4, 0.5) is 5.69 Å². The molecule has 0 saturated carbocycles. The second-order valence-corrected chi connectivity index (χ2v) is 7.37. The molecule has 1 saturated heterocycles. The number of nitrogens with two attached hydrogens (primary N) is 1. The van der Waals surface area contributed by atoms with Crippen LogP contribution in [-0.4, -0.2) is 37.0 Å². The highest BCUT2D eigenvalue weighted by molar-refractivity contribution is 5.92. The number of likely N-dealkylation sites (tertiary alicyclic amines) is 1. The number of aryl methyl sites for hydroxylation is 1. The lowest BCUT2D eigenvalue weighted by Crippen LogP contribution is -2.36. The predicted octanol–water partition coefficient (Wildman–Crippen LogP) is 3.73. The SMILES string of the molecule is CCc1cccc(NC(N)=NCC2CCN(CCC(C)C)CC2)c1. The van der Waals surface area contributed by atoms with Crippen molar-refractivity contribution in [3.8, 4) is 0 Å². The molecule has 0 atom stereocenters. The molecule has 1 fully saturated rings. The van der Waals surface area contributed by atoms with Gasteiger partial charge in [-0.1, -0.05) is 32.9 Å². The van der Waals surface area contributed by atoms with Crippen LogP contribution in [0.2, 0.25) is 0 Å². The Hall–Kier alpha value is -1.55. The Labute approximate surface area is 147 Å². The minimum absolute atomic E-state index is 0.533. The van der Waals surface area contributed by atoms with E-state index in [9.17, 15) is 0 Å². The van der Waals surface area contributed by atoms with Gasteiger partial charge in [0.2, 0.25) is 0 Å². The van der Waals surface area contributed by atoms with Crippen LogP contribution in [0.25, 0.3) is 0 Å². The third kappa shape index (κ3) is 6.52. The summed E-state index contributed by atoms with van der Waals surface area (Å²) in [7, 11) is 0. The lowest BCUT2D eigenvalue weighted by molar-refractivity contribution is 0.180. The molecule has 134 valence electrons. The van der Waals surface area contributed by atoms with Crippen LogP contribution >= 0.6 is 0 Å². The third-order valence-electron chi connectivity index (χ3n) is 4.86. The maximum atomic E-state index is 6.05. The molecule has 3 N–H and O–H groups in total. The summed E-state index contributed by atoms with van der Waals surface area (Å²) in [6, 6.07) is 8.36. The fourth-order valence-corrected chi connectivity index (χ4v) is 3.12. The lowest BCUT2D eigenvalue weighted by atomic mass is 9.96. The molecule has 1 aromatic rings. The summed E-state index contributed by atoms with van der Waals surface area (Å²) in [6.07, 6.45) is 4.80. The van der Waals surface area contributed by atoms with Crippen molar-refractivity contribution in [2.75, 3.05) is 31.5 Å². The molecule has 0 unspecified atom stereocenters. The maximum Gasteiger partial charge on any atom is 0.193 e. The first-order valence-electron chi connectivity index (χ1n) is 9.45. The number of anilines is 1. The molecule has 0 bridgehead atoms. The van der Waals surface area contributed by atoms with Crippen LogP contribution in [0.3, 0.4) is 0 Å². The number of guanidine groups is 1. The van der Waals surface area contributed by atoms with Gasteiger partial charge in [-0.25, -0.2) is 0 Å². The van der Waals surface area contributed by atoms with Crippen LogP contribution in [-0.2, 0) is 6.42 Å². The Morgan fingerprint density at radius 3 is 2.75 bits per heavy atom. The standard InChI is InChI=1S/C20H34N4/c1-4-17-6-5-7-19(14-17)23-20(21)22-15-18-9-12-24(13-10-18)11-8-16(2)3/h5-7,14,16,18H,4,8-13,15H2,1-3H3,(H3,21,22,23). The van der Waals surface area contributed by atoms with E-state index in [4.69, 9.17) is 5.73 Å². The fraction of sp³-hybridized carbons (Fsp3) is 0.650. The number of hydrogen-bond donors (Lipinski definition) is 2. The van der Waals surface area contributed by atoms with Gasteiger partial charge >= 0.3 is 0 Å². The average molecular weight is 331 g/mol. The summed E-state index contributed by atoms with van der Waals surface area (Å²) >= 11 is 0. The highest BCUT2D eigenvalue weighted by Gasteiger charge is 2.18. The number of benzene rings is 1. The first-order valence-corrected chi connectivity index (χ1v) is 9.45. The van der Waals surface area contributed by atoms with Crippen LogP contribution in [0.5, 0.6) is 0 Å². The Morgan fingerprint density at radius 2 is 2.08 bits per heavy atom. The molecule has 4 heteroatoms. The molecular formula is C20H34N4. The zero-order chi connectivity index (χ0) is 17.4. The molecule has 1 aliphatic heterocycles. The first-order chi connectivity index (χ1) is 11.6. The highest BCUT2D eigenvalue weighted by Crippen LogP contribution is 2.18. The molecule has 24 heavy (non-hydrogen) atoms. The molecule has 1 aromatic carbocycles. The van der Waals surface area contributed by atoms with Gasteiger partial charge in [0.25, 0.3) is 0 Å². The van der Waals surface area contributed by atoms with E-state index in [-0.39, 0.29) is 0 Å². The van der Waals surface area contributed by atoms with Gasteiger partial charge in [-0.05, 0) is 74.8 Å². The van der Waals surface area contributed by atoms with Crippen LogP contribution in [0.15, 0.2) is 29.3 Å². The molecule has 0 aromatic heterocycles. The van der Waals surface area contributed by atoms with E-state index < -0.39 is 0 Å². The second-order valence-electron chi connectivity index (χ2n) is 7.37. The Balaban J connectivity index is 1.73. The van der Waals surface area contributed by atoms with Gasteiger partial charge in [0.15, 0.2) is 5.96 Å². The number of aliphatic imine (C=N–C) groups is 1. The number of nitrogens with one attached hydrogen (secondary N) is 1. The van der Waals surface area contributed by atoms with Gasteiger partial charge in [-0.2, -0.15) is 0 Å². The number of piperidine rings is 1. The molecule has 1 heterocycles. The van der Waals surface area contributed by atoms with Crippen molar-refractivity contribution in [1.29, 1.82) is 0 Å². The van der Waals surface area contributed by atoms with Crippen LogP contribution < -0.4 is 11.1 Å². The first kappa shape index (κ1) is 18.8. The lowest BCUT2D eigenvalue weighted by Gasteiger charge is -2.31.